The number of hydrogen-bond acceptors (Lipinski definition) is 2. The van der Waals surface area contributed by atoms with E-state index in [9.17, 15) is 4.79 Å². The van der Waals surface area contributed by atoms with Gasteiger partial charge in [-0.1, -0.05) is 11.6 Å². The summed E-state index contributed by atoms with van der Waals surface area (Å²) in [6, 6.07) is 3.91. The summed E-state index contributed by atoms with van der Waals surface area (Å²) in [5.41, 5.74) is 2.08. The van der Waals surface area contributed by atoms with Crippen molar-refractivity contribution in [1.82, 2.24) is 0 Å². The highest BCUT2D eigenvalue weighted by atomic mass is 35.5. The van der Waals surface area contributed by atoms with Crippen molar-refractivity contribution in [3.8, 4) is 5.75 Å². The third-order valence-electron chi connectivity index (χ3n) is 3.67. The molecule has 0 amide bonds. The fourth-order valence-electron chi connectivity index (χ4n) is 2.39. The number of benzene rings is 1. The minimum atomic E-state index is -0.669. The van der Waals surface area contributed by atoms with E-state index in [-0.39, 0.29) is 5.92 Å². The molecule has 2 unspecified atom stereocenters. The minimum Gasteiger partial charge on any atom is -0.494 e. The Morgan fingerprint density at radius 3 is 2.84 bits per heavy atom. The van der Waals surface area contributed by atoms with E-state index in [1.165, 1.54) is 0 Å². The van der Waals surface area contributed by atoms with Gasteiger partial charge in [-0.3, -0.25) is 4.79 Å². The van der Waals surface area contributed by atoms with Crippen LogP contribution in [0.4, 0.5) is 0 Å². The van der Waals surface area contributed by atoms with E-state index >= 15 is 0 Å². The number of aryl methyl sites for hydroxylation is 2. The van der Waals surface area contributed by atoms with E-state index < -0.39 is 5.97 Å². The molecule has 4 heteroatoms. The Morgan fingerprint density at radius 2 is 2.26 bits per heavy atom. The van der Waals surface area contributed by atoms with E-state index in [1.807, 2.05) is 26.0 Å². The maximum absolute atomic E-state index is 10.8. The molecule has 1 aliphatic rings. The first-order chi connectivity index (χ1) is 9.02. The van der Waals surface area contributed by atoms with Gasteiger partial charge in [-0.05, 0) is 62.3 Å². The second-order valence-electron chi connectivity index (χ2n) is 5.12. The predicted molar refractivity (Wildman–Crippen MR) is 74.9 cm³/mol. The molecule has 0 spiro atoms. The summed E-state index contributed by atoms with van der Waals surface area (Å²) in [5, 5.41) is 9.63. The van der Waals surface area contributed by atoms with Gasteiger partial charge >= 0.3 is 5.97 Å². The second-order valence-corrected chi connectivity index (χ2v) is 5.53. The SMILES string of the molecule is CCOc1cc(C)c(Cl)cc1CCC1CC1C(=O)O. The van der Waals surface area contributed by atoms with E-state index in [0.717, 1.165) is 41.2 Å². The quantitative estimate of drug-likeness (QED) is 0.865. The number of carboxylic acids is 1. The first kappa shape index (κ1) is 14.2. The van der Waals surface area contributed by atoms with Crippen LogP contribution in [0.25, 0.3) is 0 Å². The van der Waals surface area contributed by atoms with Gasteiger partial charge in [-0.15, -0.1) is 0 Å². The van der Waals surface area contributed by atoms with Crippen LogP contribution in [0.3, 0.4) is 0 Å². The topological polar surface area (TPSA) is 46.5 Å². The molecule has 1 N–H and O–H groups in total. The number of ether oxygens (including phenoxy) is 1. The van der Waals surface area contributed by atoms with Crippen molar-refractivity contribution in [3.05, 3.63) is 28.3 Å². The Labute approximate surface area is 118 Å². The highest BCUT2D eigenvalue weighted by Gasteiger charge is 2.42. The lowest BCUT2D eigenvalue weighted by molar-refractivity contribution is -0.138. The van der Waals surface area contributed by atoms with E-state index in [2.05, 4.69) is 0 Å². The third-order valence-corrected chi connectivity index (χ3v) is 4.07. The third kappa shape index (κ3) is 3.41. The molecule has 2 rings (SSSR count). The van der Waals surface area contributed by atoms with Gasteiger partial charge in [0.1, 0.15) is 5.75 Å². The largest absolute Gasteiger partial charge is 0.494 e. The summed E-state index contributed by atoms with van der Waals surface area (Å²) < 4.78 is 5.62. The van der Waals surface area contributed by atoms with Crippen molar-refractivity contribution in [2.75, 3.05) is 6.61 Å². The van der Waals surface area contributed by atoms with Crippen LogP contribution in [0, 0.1) is 18.8 Å². The van der Waals surface area contributed by atoms with Crippen molar-refractivity contribution < 1.29 is 14.6 Å². The van der Waals surface area contributed by atoms with Crippen LogP contribution in [-0.2, 0) is 11.2 Å². The Kier molecular flexibility index (Phi) is 4.35. The van der Waals surface area contributed by atoms with Gasteiger partial charge in [0.15, 0.2) is 0 Å². The zero-order valence-electron chi connectivity index (χ0n) is 11.3. The molecule has 1 aromatic carbocycles. The predicted octanol–water partition coefficient (Wildman–Crippen LogP) is 3.70. The van der Waals surface area contributed by atoms with Gasteiger partial charge in [-0.2, -0.15) is 0 Å². The van der Waals surface area contributed by atoms with Gasteiger partial charge in [0.05, 0.1) is 12.5 Å². The number of aliphatic carboxylic acids is 1. The fourth-order valence-corrected chi connectivity index (χ4v) is 2.58. The molecule has 3 nitrogen and oxygen atoms in total. The Morgan fingerprint density at radius 1 is 1.53 bits per heavy atom. The number of halogens is 1. The average Bonchev–Trinajstić information content (AvgIpc) is 3.12. The fraction of sp³-hybridized carbons (Fsp3) is 0.533. The normalized spacial score (nSPS) is 21.2. The molecule has 1 fully saturated rings. The number of carbonyl (C=O) groups is 1. The lowest BCUT2D eigenvalue weighted by Gasteiger charge is -2.12. The van der Waals surface area contributed by atoms with Gasteiger partial charge in [-0.25, -0.2) is 0 Å². The minimum absolute atomic E-state index is 0.142. The maximum Gasteiger partial charge on any atom is 0.306 e. The summed E-state index contributed by atoms with van der Waals surface area (Å²) in [4.78, 5) is 10.8. The molecule has 1 aliphatic carbocycles. The van der Waals surface area contributed by atoms with Gasteiger partial charge in [0, 0.05) is 5.02 Å². The standard InChI is InChI=1S/C15H19ClO3/c1-3-19-14-6-9(2)13(16)8-11(14)5-4-10-7-12(10)15(17)18/h6,8,10,12H,3-5,7H2,1-2H3,(H,17,18). The van der Waals surface area contributed by atoms with E-state index in [1.54, 1.807) is 0 Å². The van der Waals surface area contributed by atoms with Gasteiger partial charge < -0.3 is 9.84 Å². The first-order valence-corrected chi connectivity index (χ1v) is 7.05. The van der Waals surface area contributed by atoms with Gasteiger partial charge in [0.25, 0.3) is 0 Å². The molecule has 1 aromatic rings. The number of rotatable bonds is 6. The van der Waals surface area contributed by atoms with Crippen LogP contribution in [0.2, 0.25) is 5.02 Å². The Balaban J connectivity index is 2.03. The van der Waals surface area contributed by atoms with Crippen molar-refractivity contribution in [2.45, 2.75) is 33.1 Å². The van der Waals surface area contributed by atoms with Gasteiger partial charge in [0.2, 0.25) is 0 Å². The molecule has 0 aromatic heterocycles. The summed E-state index contributed by atoms with van der Waals surface area (Å²) in [5.74, 6) is 0.373. The molecule has 104 valence electrons. The molecule has 2 atom stereocenters. The van der Waals surface area contributed by atoms with Crippen LogP contribution >= 0.6 is 11.6 Å². The molecular weight excluding hydrogens is 264 g/mol. The van der Waals surface area contributed by atoms with Crippen molar-refractivity contribution >= 4 is 17.6 Å². The molecule has 19 heavy (non-hydrogen) atoms. The molecule has 0 radical (unpaired) electrons. The van der Waals surface area contributed by atoms with Crippen molar-refractivity contribution in [2.24, 2.45) is 11.8 Å². The summed E-state index contributed by atoms with van der Waals surface area (Å²) >= 11 is 6.15. The van der Waals surface area contributed by atoms with Crippen molar-refractivity contribution in [3.63, 3.8) is 0 Å². The van der Waals surface area contributed by atoms with Crippen molar-refractivity contribution in [1.29, 1.82) is 0 Å². The maximum atomic E-state index is 10.8. The molecule has 0 saturated heterocycles. The van der Waals surface area contributed by atoms with Crippen LogP contribution < -0.4 is 4.74 Å². The van der Waals surface area contributed by atoms with E-state index in [0.29, 0.717) is 12.5 Å². The highest BCUT2D eigenvalue weighted by molar-refractivity contribution is 6.31. The second kappa shape index (κ2) is 5.83. The number of carboxylic acid groups (broad SMARTS) is 1. The smallest absolute Gasteiger partial charge is 0.306 e. The summed E-state index contributed by atoms with van der Waals surface area (Å²) in [6.07, 6.45) is 2.51. The monoisotopic (exact) mass is 282 g/mol. The zero-order chi connectivity index (χ0) is 14.0. The lowest BCUT2D eigenvalue weighted by Crippen LogP contribution is -2.02. The van der Waals surface area contributed by atoms with Crippen LogP contribution in [-0.4, -0.2) is 17.7 Å². The Hall–Kier alpha value is -1.22. The first-order valence-electron chi connectivity index (χ1n) is 6.67. The molecule has 1 saturated carbocycles. The average molecular weight is 283 g/mol. The summed E-state index contributed by atoms with van der Waals surface area (Å²) in [6.45, 7) is 4.53. The van der Waals surface area contributed by atoms with Crippen LogP contribution in [0.15, 0.2) is 12.1 Å². The number of hydrogen-bond donors (Lipinski definition) is 1. The van der Waals surface area contributed by atoms with Crippen LogP contribution in [0.5, 0.6) is 5.75 Å². The Bertz CT molecular complexity index is 485. The summed E-state index contributed by atoms with van der Waals surface area (Å²) in [7, 11) is 0. The molecule has 0 heterocycles. The molecule has 0 bridgehead atoms. The van der Waals surface area contributed by atoms with Crippen LogP contribution in [0.1, 0.15) is 30.9 Å². The highest BCUT2D eigenvalue weighted by Crippen LogP contribution is 2.42. The molecular formula is C15H19ClO3. The molecule has 0 aliphatic heterocycles. The lowest BCUT2D eigenvalue weighted by atomic mass is 10.0. The zero-order valence-corrected chi connectivity index (χ0v) is 12.0. The van der Waals surface area contributed by atoms with E-state index in [4.69, 9.17) is 21.4 Å².